The number of rotatable bonds is 2. The highest BCUT2D eigenvalue weighted by molar-refractivity contribution is 5.87. The van der Waals surface area contributed by atoms with E-state index in [1.807, 2.05) is 0 Å². The minimum absolute atomic E-state index is 0.00353. The van der Waals surface area contributed by atoms with Crippen molar-refractivity contribution < 1.29 is 4.79 Å². The van der Waals surface area contributed by atoms with E-state index in [1.165, 1.54) is 50.6 Å². The maximum Gasteiger partial charge on any atom is 0.139 e. The predicted molar refractivity (Wildman–Crippen MR) is 147 cm³/mol. The summed E-state index contributed by atoms with van der Waals surface area (Å²) in [5.74, 6) is 4.44. The fraction of sp³-hybridized carbons (Fsp3) is 0.618. The molecule has 2 aromatic carbocycles. The van der Waals surface area contributed by atoms with E-state index in [1.54, 1.807) is 11.1 Å². The van der Waals surface area contributed by atoms with Crippen molar-refractivity contribution in [3.8, 4) is 0 Å². The molecule has 4 saturated carbocycles. The molecular formula is C34H43NO. The third kappa shape index (κ3) is 3.31. The van der Waals surface area contributed by atoms with Crippen LogP contribution in [0.3, 0.4) is 0 Å². The second-order valence-corrected chi connectivity index (χ2v) is 13.5. The zero-order valence-electron chi connectivity index (χ0n) is 22.3. The van der Waals surface area contributed by atoms with Crippen molar-refractivity contribution in [1.29, 1.82) is 0 Å². The Morgan fingerprint density at radius 3 is 2.47 bits per heavy atom. The molecule has 2 heteroatoms. The molecular weight excluding hydrogens is 438 g/mol. The zero-order chi connectivity index (χ0) is 24.5. The second kappa shape index (κ2) is 8.47. The number of nitrogens with zero attached hydrogens (tertiary/aromatic N) is 1. The molecule has 0 N–H and O–H groups in total. The lowest BCUT2D eigenvalue weighted by molar-refractivity contribution is -0.140. The van der Waals surface area contributed by atoms with Gasteiger partial charge in [0.15, 0.2) is 0 Å². The third-order valence-electron chi connectivity index (χ3n) is 12.3. The van der Waals surface area contributed by atoms with Gasteiger partial charge in [-0.15, -0.1) is 0 Å². The van der Waals surface area contributed by atoms with E-state index in [9.17, 15) is 4.79 Å². The molecule has 0 bridgehead atoms. The number of ketones is 1. The molecule has 8 atom stereocenters. The highest BCUT2D eigenvalue weighted by Gasteiger charge is 2.60. The summed E-state index contributed by atoms with van der Waals surface area (Å²) in [5, 5.41) is 0. The molecule has 36 heavy (non-hydrogen) atoms. The Kier molecular flexibility index (Phi) is 5.42. The molecule has 190 valence electrons. The number of hydrogen-bond donors (Lipinski definition) is 0. The molecule has 4 aliphatic carbocycles. The number of carbonyl (C=O) groups excluding carboxylic acids is 1. The minimum atomic E-state index is 0.00353. The number of benzene rings is 2. The molecule has 2 nitrogen and oxygen atoms in total. The van der Waals surface area contributed by atoms with Crippen LogP contribution in [0.4, 0.5) is 5.69 Å². The molecule has 7 rings (SSSR count). The summed E-state index contributed by atoms with van der Waals surface area (Å²) in [6.07, 6.45) is 12.5. The van der Waals surface area contributed by atoms with Crippen LogP contribution in [0, 0.1) is 40.4 Å². The van der Waals surface area contributed by atoms with E-state index < -0.39 is 0 Å². The van der Waals surface area contributed by atoms with Crippen LogP contribution in [0.15, 0.2) is 54.6 Å². The third-order valence-corrected chi connectivity index (χ3v) is 12.3. The monoisotopic (exact) mass is 481 g/mol. The lowest BCUT2D eigenvalue weighted by atomic mass is 9.44. The van der Waals surface area contributed by atoms with Gasteiger partial charge in [0, 0.05) is 24.1 Å². The summed E-state index contributed by atoms with van der Waals surface area (Å²) >= 11 is 0. The number of fused-ring (bicyclic) bond motifs is 6. The van der Waals surface area contributed by atoms with Crippen molar-refractivity contribution in [3.63, 3.8) is 0 Å². The van der Waals surface area contributed by atoms with E-state index in [0.717, 1.165) is 49.5 Å². The molecule has 0 saturated heterocycles. The molecule has 2 aromatic rings. The van der Waals surface area contributed by atoms with E-state index >= 15 is 0 Å². The standard InChI is InChI=1S/C34H43NO/c1-33-19-16-24(22-25(33)12-13-28-29-14-15-31(36)34(29,2)20-17-30(28)33)32-27-11-7-6-8-23(27)18-21-35(32)26-9-4-3-5-10-26/h3-11,24-25,28-30,32H,12-22H2,1-2H3/t24?,25-,28?,29-,30-,32?,33?,34?/m0/s1. The van der Waals surface area contributed by atoms with Crippen molar-refractivity contribution in [2.75, 3.05) is 11.4 Å². The average Bonchev–Trinajstić information content (AvgIpc) is 3.22. The van der Waals surface area contributed by atoms with E-state index in [0.29, 0.717) is 23.2 Å². The predicted octanol–water partition coefficient (Wildman–Crippen LogP) is 8.02. The molecule has 4 fully saturated rings. The quantitative estimate of drug-likeness (QED) is 0.433. The van der Waals surface area contributed by atoms with Crippen LogP contribution in [0.1, 0.15) is 88.8 Å². The first-order valence-electron chi connectivity index (χ1n) is 14.9. The van der Waals surface area contributed by atoms with Crippen LogP contribution in [0.25, 0.3) is 0 Å². The van der Waals surface area contributed by atoms with Gasteiger partial charge in [-0.2, -0.15) is 0 Å². The number of carbonyl (C=O) groups is 1. The second-order valence-electron chi connectivity index (χ2n) is 13.5. The van der Waals surface area contributed by atoms with Crippen molar-refractivity contribution in [2.45, 2.75) is 84.1 Å². The highest BCUT2D eigenvalue weighted by atomic mass is 16.1. The van der Waals surface area contributed by atoms with Gasteiger partial charge in [0.2, 0.25) is 0 Å². The van der Waals surface area contributed by atoms with Gasteiger partial charge < -0.3 is 4.90 Å². The summed E-state index contributed by atoms with van der Waals surface area (Å²) in [6.45, 7) is 6.13. The van der Waals surface area contributed by atoms with Gasteiger partial charge in [0.05, 0.1) is 6.04 Å². The Balaban J connectivity index is 1.18. The first kappa shape index (κ1) is 23.1. The van der Waals surface area contributed by atoms with Crippen molar-refractivity contribution in [3.05, 3.63) is 65.7 Å². The molecule has 5 unspecified atom stereocenters. The molecule has 1 aliphatic heterocycles. The molecule has 5 aliphatic rings. The van der Waals surface area contributed by atoms with E-state index in [2.05, 4.69) is 73.3 Å². The van der Waals surface area contributed by atoms with Crippen LogP contribution in [0.2, 0.25) is 0 Å². The molecule has 0 spiro atoms. The smallest absolute Gasteiger partial charge is 0.139 e. The number of hydrogen-bond acceptors (Lipinski definition) is 2. The Bertz CT molecular complexity index is 1140. The van der Waals surface area contributed by atoms with Crippen LogP contribution in [-0.2, 0) is 11.2 Å². The van der Waals surface area contributed by atoms with Crippen LogP contribution in [0.5, 0.6) is 0 Å². The Morgan fingerprint density at radius 2 is 1.61 bits per heavy atom. The maximum absolute atomic E-state index is 12.8. The summed E-state index contributed by atoms with van der Waals surface area (Å²) in [7, 11) is 0. The molecule has 1 heterocycles. The van der Waals surface area contributed by atoms with Crippen molar-refractivity contribution >= 4 is 11.5 Å². The average molecular weight is 482 g/mol. The molecule has 0 aromatic heterocycles. The van der Waals surface area contributed by atoms with Gasteiger partial charge in [-0.25, -0.2) is 0 Å². The van der Waals surface area contributed by atoms with Gasteiger partial charge in [-0.3, -0.25) is 4.79 Å². The lowest BCUT2D eigenvalue weighted by Gasteiger charge is -2.61. The number of anilines is 1. The Morgan fingerprint density at radius 1 is 0.806 bits per heavy atom. The normalized spacial score (nSPS) is 41.7. The summed E-state index contributed by atoms with van der Waals surface area (Å²) < 4.78 is 0. The summed E-state index contributed by atoms with van der Waals surface area (Å²) in [4.78, 5) is 15.6. The van der Waals surface area contributed by atoms with Gasteiger partial charge in [0.25, 0.3) is 0 Å². The van der Waals surface area contributed by atoms with Crippen molar-refractivity contribution in [2.24, 2.45) is 40.4 Å². The fourth-order valence-corrected chi connectivity index (χ4v) is 10.4. The van der Waals surface area contributed by atoms with Crippen molar-refractivity contribution in [1.82, 2.24) is 0 Å². The van der Waals surface area contributed by atoms with Gasteiger partial charge >= 0.3 is 0 Å². The first-order valence-corrected chi connectivity index (χ1v) is 14.9. The van der Waals surface area contributed by atoms with Gasteiger partial charge in [-0.05, 0) is 116 Å². The SMILES string of the molecule is CC12CC[C@H]3C(CC[C@H]4CC(C5c6ccccc6CCN5c5ccccc5)CCC43C)[C@@H]1CCC2=O. The first-order chi connectivity index (χ1) is 17.5. The Labute approximate surface area is 217 Å². The topological polar surface area (TPSA) is 20.3 Å². The number of Topliss-reactive ketones (excluding diaryl/α,β-unsaturated/α-hetero) is 1. The van der Waals surface area contributed by atoms with E-state index in [4.69, 9.17) is 0 Å². The van der Waals surface area contributed by atoms with Gasteiger partial charge in [0.1, 0.15) is 5.78 Å². The zero-order valence-corrected chi connectivity index (χ0v) is 22.3. The summed E-state index contributed by atoms with van der Waals surface area (Å²) in [6, 6.07) is 21.0. The maximum atomic E-state index is 12.8. The van der Waals surface area contributed by atoms with E-state index in [-0.39, 0.29) is 5.41 Å². The molecule has 0 radical (unpaired) electrons. The fourth-order valence-electron chi connectivity index (χ4n) is 10.4. The van der Waals surface area contributed by atoms with Crippen LogP contribution < -0.4 is 4.90 Å². The van der Waals surface area contributed by atoms with Crippen LogP contribution in [-0.4, -0.2) is 12.3 Å². The number of para-hydroxylation sites is 1. The lowest BCUT2D eigenvalue weighted by Crippen LogP contribution is -2.54. The van der Waals surface area contributed by atoms with Gasteiger partial charge in [-0.1, -0.05) is 56.3 Å². The highest BCUT2D eigenvalue weighted by Crippen LogP contribution is 2.66. The van der Waals surface area contributed by atoms with Crippen LogP contribution >= 0.6 is 0 Å². The molecule has 0 amide bonds. The minimum Gasteiger partial charge on any atom is -0.364 e. The largest absolute Gasteiger partial charge is 0.364 e. The summed E-state index contributed by atoms with van der Waals surface area (Å²) in [5.41, 5.74) is 5.03. The Hall–Kier alpha value is -2.09.